The predicted molar refractivity (Wildman–Crippen MR) is 104 cm³/mol. The van der Waals surface area contributed by atoms with Crippen LogP contribution in [-0.4, -0.2) is 45.7 Å². The molecule has 1 aliphatic heterocycles. The van der Waals surface area contributed by atoms with Gasteiger partial charge in [-0.1, -0.05) is 0 Å². The van der Waals surface area contributed by atoms with Crippen molar-refractivity contribution >= 4 is 5.91 Å². The number of hydrogen-bond donors (Lipinski definition) is 0. The first-order chi connectivity index (χ1) is 15.4. The topological polar surface area (TPSA) is 93.3 Å². The monoisotopic (exact) mass is 443 g/mol. The first kappa shape index (κ1) is 21.2. The Kier molecular flexibility index (Phi) is 5.68. The smallest absolute Gasteiger partial charge is 0.272 e. The zero-order valence-corrected chi connectivity index (χ0v) is 16.8. The summed E-state index contributed by atoms with van der Waals surface area (Å²) >= 11 is 0. The Morgan fingerprint density at radius 1 is 1.28 bits per heavy atom. The predicted octanol–water partition coefficient (Wildman–Crippen LogP) is 3.09. The number of rotatable bonds is 6. The molecular formula is C21H16F3N5O3. The number of fused-ring (bicyclic) bond motifs is 1. The van der Waals surface area contributed by atoms with Crippen LogP contribution in [0.1, 0.15) is 27.2 Å². The third kappa shape index (κ3) is 3.94. The Morgan fingerprint density at radius 3 is 2.72 bits per heavy atom. The molecule has 1 aromatic carbocycles. The number of nitriles is 1. The average Bonchev–Trinajstić information content (AvgIpc) is 3.36. The molecule has 32 heavy (non-hydrogen) atoms. The molecule has 164 valence electrons. The standard InChI is InChI=1S/C21H16F3N5O3/c1-31-20-12(6-25)2-4-16(32-11-17(23)24)19(20)21(30)28-8-13-9-29(27-15(13)10-28)18-5-3-14(22)7-26-18/h2-5,7,9,17H,8,10-11H2,1H3. The normalized spacial score (nSPS) is 12.6. The van der Waals surface area contributed by atoms with E-state index < -0.39 is 24.8 Å². The summed E-state index contributed by atoms with van der Waals surface area (Å²) in [4.78, 5) is 18.7. The molecule has 0 bridgehead atoms. The largest absolute Gasteiger partial charge is 0.494 e. The van der Waals surface area contributed by atoms with Crippen LogP contribution in [0, 0.1) is 17.1 Å². The number of methoxy groups -OCH3 is 1. The molecule has 0 radical (unpaired) electrons. The van der Waals surface area contributed by atoms with Gasteiger partial charge < -0.3 is 14.4 Å². The SMILES string of the molecule is COc1c(C#N)ccc(OCC(F)F)c1C(=O)N1Cc2cn(-c3ccc(F)cn3)nc2C1. The highest BCUT2D eigenvalue weighted by molar-refractivity contribution is 6.00. The summed E-state index contributed by atoms with van der Waals surface area (Å²) in [6, 6.07) is 7.30. The zero-order valence-electron chi connectivity index (χ0n) is 16.8. The van der Waals surface area contributed by atoms with Crippen LogP contribution >= 0.6 is 0 Å². The number of nitrogens with zero attached hydrogens (tertiary/aromatic N) is 5. The van der Waals surface area contributed by atoms with Gasteiger partial charge in [-0.2, -0.15) is 10.4 Å². The van der Waals surface area contributed by atoms with Crippen molar-refractivity contribution < 1.29 is 27.4 Å². The van der Waals surface area contributed by atoms with Crippen LogP contribution in [0.3, 0.4) is 0 Å². The van der Waals surface area contributed by atoms with Crippen LogP contribution in [0.5, 0.6) is 11.5 Å². The minimum atomic E-state index is -2.74. The molecule has 3 heterocycles. The minimum absolute atomic E-state index is 0.0469. The van der Waals surface area contributed by atoms with Gasteiger partial charge in [0.15, 0.2) is 11.6 Å². The number of amides is 1. The van der Waals surface area contributed by atoms with E-state index in [0.29, 0.717) is 11.5 Å². The van der Waals surface area contributed by atoms with Crippen LogP contribution in [0.2, 0.25) is 0 Å². The number of carbonyl (C=O) groups is 1. The highest BCUT2D eigenvalue weighted by atomic mass is 19.3. The quantitative estimate of drug-likeness (QED) is 0.581. The van der Waals surface area contributed by atoms with Crippen molar-refractivity contribution in [1.82, 2.24) is 19.7 Å². The molecule has 8 nitrogen and oxygen atoms in total. The van der Waals surface area contributed by atoms with Gasteiger partial charge in [-0.05, 0) is 24.3 Å². The minimum Gasteiger partial charge on any atom is -0.494 e. The Bertz CT molecular complexity index is 1180. The lowest BCUT2D eigenvalue weighted by Gasteiger charge is -2.20. The fourth-order valence-corrected chi connectivity index (χ4v) is 3.42. The summed E-state index contributed by atoms with van der Waals surface area (Å²) in [5.74, 6) is -0.744. The van der Waals surface area contributed by atoms with Crippen molar-refractivity contribution in [3.8, 4) is 23.4 Å². The van der Waals surface area contributed by atoms with Crippen LogP contribution in [0.25, 0.3) is 5.82 Å². The van der Waals surface area contributed by atoms with E-state index in [1.807, 2.05) is 6.07 Å². The van der Waals surface area contributed by atoms with Crippen molar-refractivity contribution in [2.24, 2.45) is 0 Å². The molecule has 3 aromatic rings. The maximum absolute atomic E-state index is 13.3. The maximum Gasteiger partial charge on any atom is 0.272 e. The number of pyridine rings is 1. The number of hydrogen-bond acceptors (Lipinski definition) is 6. The lowest BCUT2D eigenvalue weighted by atomic mass is 10.1. The van der Waals surface area contributed by atoms with Gasteiger partial charge in [0.05, 0.1) is 31.1 Å². The van der Waals surface area contributed by atoms with E-state index in [0.717, 1.165) is 11.8 Å². The summed E-state index contributed by atoms with van der Waals surface area (Å²) in [5, 5.41) is 13.7. The van der Waals surface area contributed by atoms with Crippen LogP contribution < -0.4 is 9.47 Å². The Morgan fingerprint density at radius 2 is 2.09 bits per heavy atom. The van der Waals surface area contributed by atoms with Crippen LogP contribution in [0.15, 0.2) is 36.7 Å². The molecule has 11 heteroatoms. The Hall–Kier alpha value is -4.07. The number of alkyl halides is 2. The molecule has 0 N–H and O–H groups in total. The number of benzene rings is 1. The van der Waals surface area contributed by atoms with Crippen molar-refractivity contribution in [2.45, 2.75) is 19.5 Å². The van der Waals surface area contributed by atoms with Gasteiger partial charge in [0.1, 0.15) is 29.8 Å². The fraction of sp³-hybridized carbons (Fsp3) is 0.238. The van der Waals surface area contributed by atoms with E-state index >= 15 is 0 Å². The number of aromatic nitrogens is 3. The van der Waals surface area contributed by atoms with Crippen molar-refractivity contribution in [2.75, 3.05) is 13.7 Å². The maximum atomic E-state index is 13.3. The summed E-state index contributed by atoms with van der Waals surface area (Å²) in [6.45, 7) is -0.590. The number of halogens is 3. The van der Waals surface area contributed by atoms with Crippen LogP contribution in [-0.2, 0) is 13.1 Å². The van der Waals surface area contributed by atoms with Crippen molar-refractivity contribution in [1.29, 1.82) is 5.26 Å². The molecule has 0 spiro atoms. The molecule has 0 saturated carbocycles. The first-order valence-electron chi connectivity index (χ1n) is 9.42. The van der Waals surface area contributed by atoms with Gasteiger partial charge in [0, 0.05) is 18.3 Å². The molecule has 1 aliphatic rings. The van der Waals surface area contributed by atoms with Crippen LogP contribution in [0.4, 0.5) is 13.2 Å². The van der Waals surface area contributed by atoms with E-state index in [-0.39, 0.29) is 35.7 Å². The molecule has 0 atom stereocenters. The van der Waals surface area contributed by atoms with Gasteiger partial charge in [-0.3, -0.25) is 4.79 Å². The van der Waals surface area contributed by atoms with Gasteiger partial charge in [0.25, 0.3) is 12.3 Å². The molecule has 0 fully saturated rings. The zero-order chi connectivity index (χ0) is 22.8. The highest BCUT2D eigenvalue weighted by Crippen LogP contribution is 2.35. The second-order valence-corrected chi connectivity index (χ2v) is 6.87. The number of carbonyl (C=O) groups excluding carboxylic acids is 1. The summed E-state index contributed by atoms with van der Waals surface area (Å²) < 4.78 is 50.3. The van der Waals surface area contributed by atoms with Gasteiger partial charge in [0.2, 0.25) is 0 Å². The van der Waals surface area contributed by atoms with E-state index in [4.69, 9.17) is 9.47 Å². The molecule has 0 unspecified atom stereocenters. The molecule has 0 aliphatic carbocycles. The summed E-state index contributed by atoms with van der Waals surface area (Å²) in [5.41, 5.74) is 1.32. The molecule has 1 amide bonds. The fourth-order valence-electron chi connectivity index (χ4n) is 3.42. The van der Waals surface area contributed by atoms with Gasteiger partial charge in [-0.25, -0.2) is 22.8 Å². The molecule has 4 rings (SSSR count). The molecule has 0 saturated heterocycles. The summed E-state index contributed by atoms with van der Waals surface area (Å²) in [7, 11) is 1.28. The number of ether oxygens (including phenoxy) is 2. The van der Waals surface area contributed by atoms with E-state index in [2.05, 4.69) is 10.1 Å². The third-order valence-corrected chi connectivity index (χ3v) is 4.84. The Labute approximate surface area is 180 Å². The molecule has 2 aromatic heterocycles. The van der Waals surface area contributed by atoms with E-state index in [1.54, 1.807) is 6.20 Å². The van der Waals surface area contributed by atoms with E-state index in [9.17, 15) is 23.2 Å². The van der Waals surface area contributed by atoms with Gasteiger partial charge in [-0.15, -0.1) is 0 Å². The second kappa shape index (κ2) is 8.58. The lowest BCUT2D eigenvalue weighted by molar-refractivity contribution is 0.0703. The molecular weight excluding hydrogens is 427 g/mol. The van der Waals surface area contributed by atoms with Crippen molar-refractivity contribution in [3.05, 3.63) is 64.9 Å². The first-order valence-corrected chi connectivity index (χ1v) is 9.42. The highest BCUT2D eigenvalue weighted by Gasteiger charge is 2.32. The second-order valence-electron chi connectivity index (χ2n) is 6.87. The van der Waals surface area contributed by atoms with E-state index in [1.165, 1.54) is 41.0 Å². The van der Waals surface area contributed by atoms with Gasteiger partial charge >= 0.3 is 0 Å². The lowest BCUT2D eigenvalue weighted by Crippen LogP contribution is -2.27. The summed E-state index contributed by atoms with van der Waals surface area (Å²) in [6.07, 6.45) is 0.0177. The Balaban J connectivity index is 1.62. The average molecular weight is 443 g/mol. The third-order valence-electron chi connectivity index (χ3n) is 4.84. The van der Waals surface area contributed by atoms with Crippen molar-refractivity contribution in [3.63, 3.8) is 0 Å².